The highest BCUT2D eigenvalue weighted by Gasteiger charge is 2.29. The lowest BCUT2D eigenvalue weighted by atomic mass is 10.1. The highest BCUT2D eigenvalue weighted by atomic mass is 16.6. The predicted octanol–water partition coefficient (Wildman–Crippen LogP) is 2.27. The molecular formula is C24H32N8O3. The second-order valence-electron chi connectivity index (χ2n) is 10.2. The van der Waals surface area contributed by atoms with E-state index in [2.05, 4.69) is 21.9 Å². The topological polar surface area (TPSA) is 101 Å². The van der Waals surface area contributed by atoms with Crippen LogP contribution in [0.2, 0.25) is 0 Å². The summed E-state index contributed by atoms with van der Waals surface area (Å²) in [5, 5.41) is 4.41. The molecule has 0 saturated carbocycles. The Bertz CT molecular complexity index is 1240. The first-order valence-electron chi connectivity index (χ1n) is 12.1. The molecule has 0 unspecified atom stereocenters. The van der Waals surface area contributed by atoms with Crippen LogP contribution in [0, 0.1) is 0 Å². The molecule has 35 heavy (non-hydrogen) atoms. The number of hydrogen-bond donors (Lipinski definition) is 0. The zero-order valence-corrected chi connectivity index (χ0v) is 20.7. The Kier molecular flexibility index (Phi) is 5.86. The summed E-state index contributed by atoms with van der Waals surface area (Å²) >= 11 is 0. The average Bonchev–Trinajstić information content (AvgIpc) is 3.46. The van der Waals surface area contributed by atoms with Crippen LogP contribution >= 0.6 is 0 Å². The molecule has 2 fully saturated rings. The van der Waals surface area contributed by atoms with E-state index < -0.39 is 5.60 Å². The molecule has 0 radical (unpaired) electrons. The van der Waals surface area contributed by atoms with Gasteiger partial charge < -0.3 is 23.8 Å². The van der Waals surface area contributed by atoms with Crippen LogP contribution in [-0.2, 0) is 16.1 Å². The number of ether oxygens (including phenoxy) is 1. The SMILES string of the molecule is C[C@H]1CCN1c1nc(-c2cnn(CC(=O)N3CCN(C(=O)OC(C)(C)C)CC3)c2)cn2ccnc12. The van der Waals surface area contributed by atoms with E-state index in [1.54, 1.807) is 26.9 Å². The Morgan fingerprint density at radius 3 is 2.49 bits per heavy atom. The number of hydrogen-bond acceptors (Lipinski definition) is 7. The zero-order valence-electron chi connectivity index (χ0n) is 20.7. The van der Waals surface area contributed by atoms with Gasteiger partial charge in [-0.1, -0.05) is 0 Å². The van der Waals surface area contributed by atoms with Gasteiger partial charge in [0.1, 0.15) is 12.1 Å². The van der Waals surface area contributed by atoms with Gasteiger partial charge in [0.25, 0.3) is 0 Å². The molecule has 2 aliphatic rings. The highest BCUT2D eigenvalue weighted by Crippen LogP contribution is 2.30. The number of rotatable bonds is 4. The van der Waals surface area contributed by atoms with E-state index in [0.29, 0.717) is 32.2 Å². The van der Waals surface area contributed by atoms with E-state index in [1.807, 2.05) is 43.8 Å². The van der Waals surface area contributed by atoms with Crippen molar-refractivity contribution in [2.24, 2.45) is 0 Å². The number of imidazole rings is 1. The van der Waals surface area contributed by atoms with Gasteiger partial charge in [0.05, 0.1) is 11.9 Å². The summed E-state index contributed by atoms with van der Waals surface area (Å²) in [6, 6.07) is 0.439. The van der Waals surface area contributed by atoms with E-state index >= 15 is 0 Å². The van der Waals surface area contributed by atoms with Crippen molar-refractivity contribution < 1.29 is 14.3 Å². The smallest absolute Gasteiger partial charge is 0.410 e. The fraction of sp³-hybridized carbons (Fsp3) is 0.542. The van der Waals surface area contributed by atoms with Crippen LogP contribution in [0.3, 0.4) is 0 Å². The van der Waals surface area contributed by atoms with Crippen molar-refractivity contribution in [3.8, 4) is 11.3 Å². The van der Waals surface area contributed by atoms with Crippen molar-refractivity contribution >= 4 is 23.5 Å². The summed E-state index contributed by atoms with van der Waals surface area (Å²) < 4.78 is 9.05. The number of aromatic nitrogens is 5. The van der Waals surface area contributed by atoms with E-state index in [9.17, 15) is 9.59 Å². The number of carbonyl (C=O) groups is 2. The van der Waals surface area contributed by atoms with E-state index in [4.69, 9.17) is 9.72 Å². The summed E-state index contributed by atoms with van der Waals surface area (Å²) in [5.41, 5.74) is 1.94. The van der Waals surface area contributed by atoms with Crippen LogP contribution in [0.1, 0.15) is 34.1 Å². The zero-order chi connectivity index (χ0) is 24.7. The second-order valence-corrected chi connectivity index (χ2v) is 10.2. The Morgan fingerprint density at radius 2 is 1.83 bits per heavy atom. The van der Waals surface area contributed by atoms with Gasteiger partial charge in [-0.2, -0.15) is 5.10 Å². The number of piperazine rings is 1. The molecular weight excluding hydrogens is 448 g/mol. The van der Waals surface area contributed by atoms with E-state index in [1.165, 1.54) is 0 Å². The van der Waals surface area contributed by atoms with Gasteiger partial charge in [-0.15, -0.1) is 0 Å². The van der Waals surface area contributed by atoms with Crippen LogP contribution in [0.5, 0.6) is 0 Å². The summed E-state index contributed by atoms with van der Waals surface area (Å²) in [4.78, 5) is 40.2. The number of carbonyl (C=O) groups excluding carboxylic acids is 2. The van der Waals surface area contributed by atoms with Gasteiger partial charge in [-0.25, -0.2) is 14.8 Å². The first kappa shape index (κ1) is 23.1. The minimum atomic E-state index is -0.534. The number of fused-ring (bicyclic) bond motifs is 1. The van der Waals surface area contributed by atoms with E-state index in [-0.39, 0.29) is 18.5 Å². The monoisotopic (exact) mass is 480 g/mol. The Hall–Kier alpha value is -3.63. The van der Waals surface area contributed by atoms with Crippen LogP contribution in [0.4, 0.5) is 10.6 Å². The second kappa shape index (κ2) is 8.86. The van der Waals surface area contributed by atoms with Gasteiger partial charge in [0.2, 0.25) is 5.91 Å². The third-order valence-corrected chi connectivity index (χ3v) is 6.46. The Labute approximate surface area is 204 Å². The molecule has 186 valence electrons. The van der Waals surface area contributed by atoms with Gasteiger partial charge in [0.15, 0.2) is 11.5 Å². The third kappa shape index (κ3) is 4.80. The minimum Gasteiger partial charge on any atom is -0.444 e. The Balaban J connectivity index is 1.24. The van der Waals surface area contributed by atoms with Gasteiger partial charge in [0, 0.05) is 69.1 Å². The molecule has 0 aromatic carbocycles. The fourth-order valence-electron chi connectivity index (χ4n) is 4.36. The molecule has 2 amide bonds. The molecule has 5 rings (SSSR count). The summed E-state index contributed by atoms with van der Waals surface area (Å²) in [7, 11) is 0. The minimum absolute atomic E-state index is 0.0309. The average molecular weight is 481 g/mol. The quantitative estimate of drug-likeness (QED) is 0.565. The summed E-state index contributed by atoms with van der Waals surface area (Å²) in [6.07, 6.45) is 10.0. The molecule has 2 aliphatic heterocycles. The highest BCUT2D eigenvalue weighted by molar-refractivity contribution is 5.77. The van der Waals surface area contributed by atoms with Crippen molar-refractivity contribution in [2.45, 2.75) is 52.3 Å². The van der Waals surface area contributed by atoms with Crippen LogP contribution in [0.25, 0.3) is 16.9 Å². The normalized spacial score (nSPS) is 18.6. The summed E-state index contributed by atoms with van der Waals surface area (Å²) in [6.45, 7) is 10.7. The molecule has 11 heteroatoms. The van der Waals surface area contributed by atoms with Gasteiger partial charge in [-0.05, 0) is 34.1 Å². The molecule has 0 bridgehead atoms. The molecule has 3 aromatic heterocycles. The first-order chi connectivity index (χ1) is 16.7. The number of amides is 2. The van der Waals surface area contributed by atoms with Crippen molar-refractivity contribution in [2.75, 3.05) is 37.6 Å². The standard InChI is InChI=1S/C24H32N8O3/c1-17-5-7-32(17)22-21-25-6-8-30(21)15-19(27-22)18-13-26-31(14-18)16-20(33)28-9-11-29(12-10-28)23(34)35-24(2,3)4/h6,8,13-15,17H,5,7,9-12,16H2,1-4H3/t17-/m0/s1. The van der Waals surface area contributed by atoms with Crippen molar-refractivity contribution in [3.63, 3.8) is 0 Å². The molecule has 5 heterocycles. The lowest BCUT2D eigenvalue weighted by Crippen LogP contribution is -2.52. The predicted molar refractivity (Wildman–Crippen MR) is 130 cm³/mol. The van der Waals surface area contributed by atoms with Crippen LogP contribution in [-0.4, -0.2) is 90.3 Å². The molecule has 0 N–H and O–H groups in total. The Morgan fingerprint density at radius 1 is 1.09 bits per heavy atom. The molecule has 11 nitrogen and oxygen atoms in total. The van der Waals surface area contributed by atoms with Gasteiger partial charge in [-0.3, -0.25) is 9.48 Å². The largest absolute Gasteiger partial charge is 0.444 e. The first-order valence-corrected chi connectivity index (χ1v) is 12.1. The molecule has 2 saturated heterocycles. The fourth-order valence-corrected chi connectivity index (χ4v) is 4.36. The van der Waals surface area contributed by atoms with Crippen LogP contribution < -0.4 is 4.90 Å². The third-order valence-electron chi connectivity index (χ3n) is 6.46. The van der Waals surface area contributed by atoms with Crippen molar-refractivity contribution in [1.82, 2.24) is 33.9 Å². The molecule has 3 aromatic rings. The van der Waals surface area contributed by atoms with Gasteiger partial charge >= 0.3 is 6.09 Å². The maximum atomic E-state index is 12.9. The number of anilines is 1. The lowest BCUT2D eigenvalue weighted by molar-refractivity contribution is -0.133. The maximum absolute atomic E-state index is 12.9. The van der Waals surface area contributed by atoms with Crippen molar-refractivity contribution in [1.29, 1.82) is 0 Å². The lowest BCUT2D eigenvalue weighted by Gasteiger charge is -2.39. The van der Waals surface area contributed by atoms with Crippen LogP contribution in [0.15, 0.2) is 31.0 Å². The summed E-state index contributed by atoms with van der Waals surface area (Å²) in [5.74, 6) is 0.842. The maximum Gasteiger partial charge on any atom is 0.410 e. The molecule has 0 spiro atoms. The molecule has 1 atom stereocenters. The van der Waals surface area contributed by atoms with Crippen molar-refractivity contribution in [3.05, 3.63) is 31.0 Å². The molecule has 0 aliphatic carbocycles. The van der Waals surface area contributed by atoms with E-state index in [0.717, 1.165) is 35.7 Å². The number of nitrogens with zero attached hydrogens (tertiary/aromatic N) is 8.